The van der Waals surface area contributed by atoms with Gasteiger partial charge in [-0.3, -0.25) is 9.48 Å². The highest BCUT2D eigenvalue weighted by Crippen LogP contribution is 2.22. The third-order valence-corrected chi connectivity index (χ3v) is 4.59. The number of aromatic nitrogens is 2. The van der Waals surface area contributed by atoms with Gasteiger partial charge in [0.1, 0.15) is 11.9 Å². The molecule has 0 aliphatic carbocycles. The van der Waals surface area contributed by atoms with Crippen molar-refractivity contribution in [3.05, 3.63) is 82.8 Å². The molecule has 3 rings (SSSR count). The number of carbonyl (C=O) groups is 1. The lowest BCUT2D eigenvalue weighted by Gasteiger charge is -2.19. The molecular formula is C23H23FN4O. The lowest BCUT2D eigenvalue weighted by Crippen LogP contribution is -2.16. The zero-order chi connectivity index (χ0) is 21.0. The Hall–Kier alpha value is -3.46. The first-order valence-electron chi connectivity index (χ1n) is 9.36. The molecule has 6 heteroatoms. The minimum atomic E-state index is -0.553. The van der Waals surface area contributed by atoms with Gasteiger partial charge in [0.2, 0.25) is 5.91 Å². The highest BCUT2D eigenvalue weighted by atomic mass is 19.1. The van der Waals surface area contributed by atoms with E-state index in [0.717, 1.165) is 5.56 Å². The van der Waals surface area contributed by atoms with Crippen LogP contribution in [0.25, 0.3) is 0 Å². The molecule has 1 amide bonds. The number of benzene rings is 2. The largest absolute Gasteiger partial charge is 0.309 e. The fourth-order valence-electron chi connectivity index (χ4n) is 2.95. The number of anilines is 1. The van der Waals surface area contributed by atoms with Crippen LogP contribution in [0, 0.1) is 17.1 Å². The number of halogens is 1. The van der Waals surface area contributed by atoms with Gasteiger partial charge in [-0.25, -0.2) is 4.39 Å². The van der Waals surface area contributed by atoms with E-state index in [1.165, 1.54) is 17.7 Å². The minimum Gasteiger partial charge on any atom is -0.309 e. The summed E-state index contributed by atoms with van der Waals surface area (Å²) < 4.78 is 15.3. The predicted octanol–water partition coefficient (Wildman–Crippen LogP) is 4.42. The number of hydrogen-bond acceptors (Lipinski definition) is 3. The molecule has 0 saturated carbocycles. The second kappa shape index (κ2) is 8.27. The summed E-state index contributed by atoms with van der Waals surface area (Å²) in [5.74, 6) is -0.262. The highest BCUT2D eigenvalue weighted by Gasteiger charge is 2.14. The zero-order valence-electron chi connectivity index (χ0n) is 16.7. The summed E-state index contributed by atoms with van der Waals surface area (Å²) in [5, 5.41) is 15.9. The number of nitrogens with one attached hydrogen (secondary N) is 1. The smallest absolute Gasteiger partial charge is 0.229 e. The molecular weight excluding hydrogens is 367 g/mol. The molecule has 3 aromatic rings. The van der Waals surface area contributed by atoms with E-state index in [1.54, 1.807) is 29.1 Å². The molecule has 0 aliphatic heterocycles. The van der Waals surface area contributed by atoms with Crippen LogP contribution in [0.4, 0.5) is 10.2 Å². The maximum absolute atomic E-state index is 13.7. The van der Waals surface area contributed by atoms with Gasteiger partial charge in [-0.1, -0.05) is 51.1 Å². The van der Waals surface area contributed by atoms with Crippen molar-refractivity contribution in [2.24, 2.45) is 0 Å². The van der Waals surface area contributed by atoms with Crippen LogP contribution in [-0.2, 0) is 23.2 Å². The van der Waals surface area contributed by atoms with Crippen molar-refractivity contribution in [3.63, 3.8) is 0 Å². The number of nitriles is 1. The van der Waals surface area contributed by atoms with Crippen LogP contribution < -0.4 is 5.32 Å². The Morgan fingerprint density at radius 3 is 2.45 bits per heavy atom. The molecule has 0 aliphatic rings. The van der Waals surface area contributed by atoms with Gasteiger partial charge in [0.25, 0.3) is 0 Å². The predicted molar refractivity (Wildman–Crippen MR) is 110 cm³/mol. The third-order valence-electron chi connectivity index (χ3n) is 4.59. The summed E-state index contributed by atoms with van der Waals surface area (Å²) in [6.07, 6.45) is 1.97. The second-order valence-electron chi connectivity index (χ2n) is 8.00. The maximum Gasteiger partial charge on any atom is 0.229 e. The highest BCUT2D eigenvalue weighted by molar-refractivity contribution is 5.91. The van der Waals surface area contributed by atoms with E-state index in [1.807, 2.05) is 24.3 Å². The van der Waals surface area contributed by atoms with E-state index in [0.29, 0.717) is 17.9 Å². The van der Waals surface area contributed by atoms with Gasteiger partial charge < -0.3 is 5.32 Å². The van der Waals surface area contributed by atoms with Crippen molar-refractivity contribution in [3.8, 4) is 6.07 Å². The Balaban J connectivity index is 1.59. The first kappa shape index (κ1) is 20.3. The lowest BCUT2D eigenvalue weighted by molar-refractivity contribution is -0.115. The van der Waals surface area contributed by atoms with E-state index in [-0.39, 0.29) is 23.3 Å². The monoisotopic (exact) mass is 390 g/mol. The van der Waals surface area contributed by atoms with Gasteiger partial charge >= 0.3 is 0 Å². The van der Waals surface area contributed by atoms with Gasteiger partial charge in [0.15, 0.2) is 5.82 Å². The van der Waals surface area contributed by atoms with Gasteiger partial charge in [0, 0.05) is 12.3 Å². The minimum absolute atomic E-state index is 0.0118. The summed E-state index contributed by atoms with van der Waals surface area (Å²) >= 11 is 0. The maximum atomic E-state index is 13.7. The Morgan fingerprint density at radius 1 is 1.14 bits per heavy atom. The number of rotatable bonds is 5. The fraction of sp³-hybridized carbons (Fsp3) is 0.261. The van der Waals surface area contributed by atoms with Crippen molar-refractivity contribution < 1.29 is 9.18 Å². The number of hydrogen-bond donors (Lipinski definition) is 1. The van der Waals surface area contributed by atoms with Crippen LogP contribution >= 0.6 is 0 Å². The number of nitrogens with zero attached hydrogens (tertiary/aromatic N) is 3. The van der Waals surface area contributed by atoms with E-state index >= 15 is 0 Å². The molecule has 1 heterocycles. The van der Waals surface area contributed by atoms with E-state index in [9.17, 15) is 9.18 Å². The molecule has 0 radical (unpaired) electrons. The first-order chi connectivity index (χ1) is 13.7. The van der Waals surface area contributed by atoms with Crippen LogP contribution in [0.15, 0.2) is 54.7 Å². The molecule has 0 saturated heterocycles. The molecule has 2 aromatic carbocycles. The molecule has 0 bridgehead atoms. The Morgan fingerprint density at radius 2 is 1.83 bits per heavy atom. The fourth-order valence-corrected chi connectivity index (χ4v) is 2.95. The molecule has 148 valence electrons. The summed E-state index contributed by atoms with van der Waals surface area (Å²) in [6, 6.07) is 16.0. The average molecular weight is 390 g/mol. The van der Waals surface area contributed by atoms with E-state index in [2.05, 4.69) is 31.2 Å². The molecule has 1 aromatic heterocycles. The molecule has 29 heavy (non-hydrogen) atoms. The molecule has 0 atom stereocenters. The van der Waals surface area contributed by atoms with Gasteiger partial charge in [-0.2, -0.15) is 10.4 Å². The summed E-state index contributed by atoms with van der Waals surface area (Å²) in [7, 11) is 0. The van der Waals surface area contributed by atoms with Crippen molar-refractivity contribution >= 4 is 11.7 Å². The molecule has 0 fully saturated rings. The number of carbonyl (C=O) groups excluding carboxylic acids is 1. The molecule has 0 unspecified atom stereocenters. The van der Waals surface area contributed by atoms with Crippen LogP contribution in [-0.4, -0.2) is 15.7 Å². The van der Waals surface area contributed by atoms with Crippen LogP contribution in [0.2, 0.25) is 0 Å². The van der Waals surface area contributed by atoms with Crippen molar-refractivity contribution in [2.45, 2.75) is 39.2 Å². The lowest BCUT2D eigenvalue weighted by atomic mass is 9.86. The van der Waals surface area contributed by atoms with Crippen LogP contribution in [0.5, 0.6) is 0 Å². The Kier molecular flexibility index (Phi) is 5.79. The van der Waals surface area contributed by atoms with Gasteiger partial charge in [-0.15, -0.1) is 0 Å². The standard InChI is InChI=1S/C23H23FN4O/c1-23(2,3)19-8-5-16(6-9-19)13-22(29)26-21-10-11-28(27-21)15-17-4-7-18(14-25)20(24)12-17/h4-12H,13,15H2,1-3H3,(H,26,27,29). The van der Waals surface area contributed by atoms with Crippen LogP contribution in [0.1, 0.15) is 43.0 Å². The SMILES string of the molecule is CC(C)(C)c1ccc(CC(=O)Nc2ccn(Cc3ccc(C#N)c(F)c3)n2)cc1. The normalized spacial score (nSPS) is 11.1. The third kappa shape index (κ3) is 5.29. The Labute approximate surface area is 169 Å². The molecule has 1 N–H and O–H groups in total. The summed E-state index contributed by atoms with van der Waals surface area (Å²) in [6.45, 7) is 6.79. The Bertz CT molecular complexity index is 1060. The summed E-state index contributed by atoms with van der Waals surface area (Å²) in [5.41, 5.74) is 2.92. The van der Waals surface area contributed by atoms with Crippen molar-refractivity contribution in [1.82, 2.24) is 9.78 Å². The quantitative estimate of drug-likeness (QED) is 0.701. The second-order valence-corrected chi connectivity index (χ2v) is 8.00. The topological polar surface area (TPSA) is 70.7 Å². The zero-order valence-corrected chi connectivity index (χ0v) is 16.7. The van der Waals surface area contributed by atoms with Crippen molar-refractivity contribution in [1.29, 1.82) is 5.26 Å². The van der Waals surface area contributed by atoms with Gasteiger partial charge in [0.05, 0.1) is 18.5 Å². The molecule has 5 nitrogen and oxygen atoms in total. The van der Waals surface area contributed by atoms with E-state index < -0.39 is 5.82 Å². The van der Waals surface area contributed by atoms with Gasteiger partial charge in [-0.05, 0) is 34.2 Å². The number of amides is 1. The summed E-state index contributed by atoms with van der Waals surface area (Å²) in [4.78, 5) is 12.3. The molecule has 0 spiro atoms. The van der Waals surface area contributed by atoms with E-state index in [4.69, 9.17) is 5.26 Å². The first-order valence-corrected chi connectivity index (χ1v) is 9.36. The average Bonchev–Trinajstić information content (AvgIpc) is 3.08. The van der Waals surface area contributed by atoms with Crippen molar-refractivity contribution in [2.75, 3.05) is 5.32 Å². The van der Waals surface area contributed by atoms with Crippen LogP contribution in [0.3, 0.4) is 0 Å².